The van der Waals surface area contributed by atoms with Gasteiger partial charge in [-0.2, -0.15) is 0 Å². The summed E-state index contributed by atoms with van der Waals surface area (Å²) in [6.45, 7) is 4.33. The van der Waals surface area contributed by atoms with Crippen molar-refractivity contribution in [1.29, 1.82) is 0 Å². The molecule has 0 radical (unpaired) electrons. The Morgan fingerprint density at radius 2 is 1.78 bits per heavy atom. The molecule has 2 N–H and O–H groups in total. The van der Waals surface area contributed by atoms with Crippen molar-refractivity contribution in [2.24, 2.45) is 5.92 Å². The molecule has 2 aromatic carbocycles. The number of fused-ring (bicyclic) bond motifs is 3. The number of rotatable bonds is 5. The van der Waals surface area contributed by atoms with Crippen molar-refractivity contribution in [1.82, 2.24) is 10.6 Å². The first-order valence-corrected chi connectivity index (χ1v) is 10.1. The lowest BCUT2D eigenvalue weighted by Crippen LogP contribution is -2.41. The van der Waals surface area contributed by atoms with Crippen LogP contribution in [-0.2, 0) is 4.74 Å². The molecule has 2 unspecified atom stereocenters. The molecule has 4 rings (SSSR count). The van der Waals surface area contributed by atoms with E-state index in [1.165, 1.54) is 22.3 Å². The predicted octanol–water partition coefficient (Wildman–Crippen LogP) is 4.30. The van der Waals surface area contributed by atoms with Gasteiger partial charge >= 0.3 is 6.09 Å². The molecular formula is C23H28N2O2. The molecule has 142 valence electrons. The zero-order chi connectivity index (χ0) is 18.6. The van der Waals surface area contributed by atoms with Crippen molar-refractivity contribution >= 4 is 6.09 Å². The Labute approximate surface area is 161 Å². The van der Waals surface area contributed by atoms with Crippen molar-refractivity contribution in [3.05, 3.63) is 59.7 Å². The number of carbonyl (C=O) groups is 1. The molecule has 1 aliphatic heterocycles. The van der Waals surface area contributed by atoms with E-state index in [-0.39, 0.29) is 12.0 Å². The SMILES string of the molecule is CCC1CC(CNC(=O)OCC2c3ccccc3-c3ccccc32)CCN1. The number of piperidine rings is 1. The lowest BCUT2D eigenvalue weighted by molar-refractivity contribution is 0.139. The molecule has 1 fully saturated rings. The fourth-order valence-electron chi connectivity index (χ4n) is 4.47. The van der Waals surface area contributed by atoms with Gasteiger partial charge in [0.25, 0.3) is 0 Å². The van der Waals surface area contributed by atoms with Crippen molar-refractivity contribution < 1.29 is 9.53 Å². The Balaban J connectivity index is 1.34. The molecule has 0 saturated carbocycles. The standard InChI is InChI=1S/C23H28N2O2/c1-2-17-13-16(11-12-24-17)14-25-23(26)27-15-22-20-9-5-3-7-18(20)19-8-4-6-10-21(19)22/h3-10,16-17,22,24H,2,11-15H2,1H3,(H,25,26). The summed E-state index contributed by atoms with van der Waals surface area (Å²) in [4.78, 5) is 12.3. The molecule has 1 heterocycles. The summed E-state index contributed by atoms with van der Waals surface area (Å²) in [5, 5.41) is 6.50. The number of carbonyl (C=O) groups excluding carboxylic acids is 1. The summed E-state index contributed by atoms with van der Waals surface area (Å²) in [5.74, 6) is 0.656. The highest BCUT2D eigenvalue weighted by molar-refractivity contribution is 5.79. The monoisotopic (exact) mass is 364 g/mol. The predicted molar refractivity (Wildman–Crippen MR) is 108 cm³/mol. The van der Waals surface area contributed by atoms with Gasteiger partial charge in [-0.15, -0.1) is 0 Å². The van der Waals surface area contributed by atoms with Crippen molar-refractivity contribution in [2.45, 2.75) is 38.1 Å². The van der Waals surface area contributed by atoms with Gasteiger partial charge in [-0.25, -0.2) is 4.79 Å². The van der Waals surface area contributed by atoms with E-state index in [2.05, 4.69) is 66.1 Å². The first-order valence-electron chi connectivity index (χ1n) is 10.1. The van der Waals surface area contributed by atoms with E-state index >= 15 is 0 Å². The van der Waals surface area contributed by atoms with Crippen LogP contribution in [0.5, 0.6) is 0 Å². The molecule has 4 heteroatoms. The molecule has 1 saturated heterocycles. The van der Waals surface area contributed by atoms with Crippen molar-refractivity contribution in [3.63, 3.8) is 0 Å². The third-order valence-corrected chi connectivity index (χ3v) is 5.98. The maximum absolute atomic E-state index is 12.3. The Morgan fingerprint density at radius 3 is 2.44 bits per heavy atom. The third-order valence-electron chi connectivity index (χ3n) is 5.98. The van der Waals surface area contributed by atoms with Crippen LogP contribution in [0.1, 0.15) is 43.2 Å². The molecule has 0 aromatic heterocycles. The first kappa shape index (κ1) is 18.1. The number of alkyl carbamates (subject to hydrolysis) is 1. The highest BCUT2D eigenvalue weighted by Gasteiger charge is 2.29. The minimum atomic E-state index is -0.302. The molecule has 27 heavy (non-hydrogen) atoms. The second-order valence-electron chi connectivity index (χ2n) is 7.66. The number of benzene rings is 2. The van der Waals surface area contributed by atoms with E-state index < -0.39 is 0 Å². The van der Waals surface area contributed by atoms with Crippen LogP contribution in [0.3, 0.4) is 0 Å². The van der Waals surface area contributed by atoms with Crippen LogP contribution < -0.4 is 10.6 Å². The van der Waals surface area contributed by atoms with E-state index in [1.54, 1.807) is 0 Å². The zero-order valence-corrected chi connectivity index (χ0v) is 15.9. The van der Waals surface area contributed by atoms with Crippen LogP contribution in [0.2, 0.25) is 0 Å². The number of hydrogen-bond donors (Lipinski definition) is 2. The Hall–Kier alpha value is -2.33. The van der Waals surface area contributed by atoms with Crippen LogP contribution in [0.4, 0.5) is 4.79 Å². The maximum Gasteiger partial charge on any atom is 0.407 e. The van der Waals surface area contributed by atoms with Crippen LogP contribution in [0.15, 0.2) is 48.5 Å². The first-order chi connectivity index (χ1) is 13.3. The van der Waals surface area contributed by atoms with Gasteiger partial charge < -0.3 is 15.4 Å². The number of ether oxygens (including phenoxy) is 1. The molecule has 0 spiro atoms. The smallest absolute Gasteiger partial charge is 0.407 e. The number of amides is 1. The topological polar surface area (TPSA) is 50.4 Å². The van der Waals surface area contributed by atoms with Crippen molar-refractivity contribution in [3.8, 4) is 11.1 Å². The summed E-state index contributed by atoms with van der Waals surface area (Å²) in [7, 11) is 0. The zero-order valence-electron chi connectivity index (χ0n) is 15.9. The molecule has 1 amide bonds. The van der Waals surface area contributed by atoms with E-state index in [0.717, 1.165) is 25.8 Å². The van der Waals surface area contributed by atoms with Crippen LogP contribution in [0, 0.1) is 5.92 Å². The number of hydrogen-bond acceptors (Lipinski definition) is 3. The summed E-state index contributed by atoms with van der Waals surface area (Å²) in [6, 6.07) is 17.4. The van der Waals surface area contributed by atoms with Gasteiger partial charge in [0.15, 0.2) is 0 Å². The van der Waals surface area contributed by atoms with Gasteiger partial charge in [0.2, 0.25) is 0 Å². The van der Waals surface area contributed by atoms with Gasteiger partial charge in [0, 0.05) is 18.5 Å². The molecule has 2 aromatic rings. The van der Waals surface area contributed by atoms with Crippen LogP contribution >= 0.6 is 0 Å². The van der Waals surface area contributed by atoms with Gasteiger partial charge in [0.1, 0.15) is 6.61 Å². The quantitative estimate of drug-likeness (QED) is 0.831. The minimum Gasteiger partial charge on any atom is -0.449 e. The van der Waals surface area contributed by atoms with Gasteiger partial charge in [-0.1, -0.05) is 55.5 Å². The Kier molecular flexibility index (Phi) is 5.44. The van der Waals surface area contributed by atoms with Gasteiger partial charge in [-0.05, 0) is 54.0 Å². The summed E-state index contributed by atoms with van der Waals surface area (Å²) in [6.07, 6.45) is 3.07. The summed E-state index contributed by atoms with van der Waals surface area (Å²) >= 11 is 0. The Bertz CT molecular complexity index is 759. The second-order valence-corrected chi connectivity index (χ2v) is 7.66. The fraction of sp³-hybridized carbons (Fsp3) is 0.435. The molecule has 1 aliphatic carbocycles. The number of nitrogens with one attached hydrogen (secondary N) is 2. The normalized spacial score (nSPS) is 21.4. The maximum atomic E-state index is 12.3. The van der Waals surface area contributed by atoms with E-state index in [4.69, 9.17) is 4.74 Å². The fourth-order valence-corrected chi connectivity index (χ4v) is 4.47. The molecule has 4 nitrogen and oxygen atoms in total. The summed E-state index contributed by atoms with van der Waals surface area (Å²) < 4.78 is 5.62. The van der Waals surface area contributed by atoms with Gasteiger partial charge in [0.05, 0.1) is 0 Å². The summed E-state index contributed by atoms with van der Waals surface area (Å²) in [5.41, 5.74) is 5.00. The average Bonchev–Trinajstić information content (AvgIpc) is 3.05. The second kappa shape index (κ2) is 8.13. The van der Waals surface area contributed by atoms with E-state index in [1.807, 2.05) is 0 Å². The van der Waals surface area contributed by atoms with E-state index in [9.17, 15) is 4.79 Å². The molecule has 2 aliphatic rings. The van der Waals surface area contributed by atoms with Crippen LogP contribution in [-0.4, -0.2) is 31.8 Å². The van der Waals surface area contributed by atoms with Gasteiger partial charge in [-0.3, -0.25) is 0 Å². The molecule has 0 bridgehead atoms. The highest BCUT2D eigenvalue weighted by Crippen LogP contribution is 2.44. The minimum absolute atomic E-state index is 0.117. The molecular weight excluding hydrogens is 336 g/mol. The lowest BCUT2D eigenvalue weighted by Gasteiger charge is -2.29. The molecule has 2 atom stereocenters. The van der Waals surface area contributed by atoms with Crippen LogP contribution in [0.25, 0.3) is 11.1 Å². The van der Waals surface area contributed by atoms with E-state index in [0.29, 0.717) is 25.1 Å². The lowest BCUT2D eigenvalue weighted by atomic mass is 9.91. The largest absolute Gasteiger partial charge is 0.449 e. The third kappa shape index (κ3) is 3.86. The average molecular weight is 364 g/mol. The Morgan fingerprint density at radius 1 is 1.11 bits per heavy atom. The highest BCUT2D eigenvalue weighted by atomic mass is 16.5. The van der Waals surface area contributed by atoms with Crippen molar-refractivity contribution in [2.75, 3.05) is 19.7 Å².